The van der Waals surface area contributed by atoms with Crippen molar-refractivity contribution in [1.29, 1.82) is 0 Å². The summed E-state index contributed by atoms with van der Waals surface area (Å²) in [4.78, 5) is 22.1. The molecule has 0 atom stereocenters. The SMILES string of the molecule is c1ccc(-c2nc(-c3ccccc3)nc(N3c4ccccc4Sc4cc(-c5cccc(-c6ccc7c8ccccc8n(-c8ccc(N(c9ccccc9)c9ccccc9)cc8)c7c6)c5)ccc43)n2)cc1. The Morgan fingerprint density at radius 1 is 0.329 bits per heavy atom. The zero-order valence-corrected chi connectivity index (χ0v) is 38.7. The first-order valence-electron chi connectivity index (χ1n) is 23.4. The van der Waals surface area contributed by atoms with Gasteiger partial charge in [-0.25, -0.2) is 4.98 Å². The largest absolute Gasteiger partial charge is 0.311 e. The van der Waals surface area contributed by atoms with Gasteiger partial charge in [0.25, 0.3) is 0 Å². The molecule has 0 radical (unpaired) electrons. The summed E-state index contributed by atoms with van der Waals surface area (Å²) in [6.45, 7) is 0. The van der Waals surface area contributed by atoms with E-state index in [0.717, 1.165) is 82.8 Å². The third kappa shape index (κ3) is 7.46. The van der Waals surface area contributed by atoms with Crippen molar-refractivity contribution in [3.05, 3.63) is 255 Å². The number of rotatable bonds is 9. The van der Waals surface area contributed by atoms with Crippen LogP contribution < -0.4 is 9.80 Å². The molecule has 0 unspecified atom stereocenters. The van der Waals surface area contributed by atoms with Crippen molar-refractivity contribution in [2.45, 2.75) is 9.79 Å². The maximum atomic E-state index is 5.16. The fraction of sp³-hybridized carbons (Fsp3) is 0. The molecule has 12 aromatic rings. The molecule has 10 aromatic carbocycles. The van der Waals surface area contributed by atoms with Gasteiger partial charge >= 0.3 is 0 Å². The second-order valence-corrected chi connectivity index (χ2v) is 18.4. The van der Waals surface area contributed by atoms with Gasteiger partial charge in [-0.05, 0) is 113 Å². The second-order valence-electron chi connectivity index (χ2n) is 17.3. The molecule has 0 bridgehead atoms. The van der Waals surface area contributed by atoms with Crippen molar-refractivity contribution in [2.24, 2.45) is 0 Å². The lowest BCUT2D eigenvalue weighted by Gasteiger charge is -2.31. The summed E-state index contributed by atoms with van der Waals surface area (Å²) < 4.78 is 2.40. The summed E-state index contributed by atoms with van der Waals surface area (Å²) in [6, 6.07) is 90.1. The summed E-state index contributed by atoms with van der Waals surface area (Å²) in [7, 11) is 0. The lowest BCUT2D eigenvalue weighted by molar-refractivity contribution is 1.00. The first kappa shape index (κ1) is 41.2. The molecule has 3 heterocycles. The van der Waals surface area contributed by atoms with Gasteiger partial charge in [0.1, 0.15) is 0 Å². The van der Waals surface area contributed by atoms with E-state index < -0.39 is 0 Å². The van der Waals surface area contributed by atoms with Crippen molar-refractivity contribution < 1.29 is 0 Å². The number of hydrogen-bond acceptors (Lipinski definition) is 6. The van der Waals surface area contributed by atoms with Crippen molar-refractivity contribution in [2.75, 3.05) is 9.80 Å². The van der Waals surface area contributed by atoms with E-state index >= 15 is 0 Å². The van der Waals surface area contributed by atoms with Gasteiger partial charge < -0.3 is 9.47 Å². The molecule has 70 heavy (non-hydrogen) atoms. The minimum atomic E-state index is 0.571. The fourth-order valence-corrected chi connectivity index (χ4v) is 10.8. The van der Waals surface area contributed by atoms with Crippen LogP contribution in [0, 0.1) is 0 Å². The molecular weight excluding hydrogens is 873 g/mol. The molecule has 2 aromatic heterocycles. The van der Waals surface area contributed by atoms with E-state index in [4.69, 9.17) is 15.0 Å². The molecule has 0 N–H and O–H groups in total. The van der Waals surface area contributed by atoms with Crippen LogP contribution in [0.3, 0.4) is 0 Å². The Kier molecular flexibility index (Phi) is 10.3. The number of anilines is 6. The van der Waals surface area contributed by atoms with Crippen molar-refractivity contribution in [3.8, 4) is 50.7 Å². The molecule has 0 fully saturated rings. The molecule has 0 aliphatic carbocycles. The topological polar surface area (TPSA) is 50.1 Å². The Morgan fingerprint density at radius 3 is 1.50 bits per heavy atom. The molecule has 1 aliphatic heterocycles. The average Bonchev–Trinajstić information content (AvgIpc) is 3.77. The fourth-order valence-electron chi connectivity index (χ4n) is 9.71. The van der Waals surface area contributed by atoms with Crippen LogP contribution in [0.1, 0.15) is 0 Å². The van der Waals surface area contributed by atoms with E-state index in [1.165, 1.54) is 16.3 Å². The summed E-state index contributed by atoms with van der Waals surface area (Å²) in [5.41, 5.74) is 15.3. The van der Waals surface area contributed by atoms with E-state index in [9.17, 15) is 0 Å². The molecule has 6 nitrogen and oxygen atoms in total. The van der Waals surface area contributed by atoms with Crippen LogP contribution in [-0.2, 0) is 0 Å². The van der Waals surface area contributed by atoms with Crippen LogP contribution in [-0.4, -0.2) is 19.5 Å². The quantitative estimate of drug-likeness (QED) is 0.144. The Morgan fingerprint density at radius 2 is 0.829 bits per heavy atom. The standard InChI is InChI=1S/C63H42N6S/c1-5-18-43(19-6-1)61-64-62(44-20-7-2-8-21-44)66-63(65-61)69-56-30-15-16-31-59(56)70-60-42-48(33-39-57(60)69)46-23-17-22-45(40-46)47-32-38-54-53-28-13-14-29-55(53)68(58(54)41-47)52-36-34-51(35-37-52)67(49-24-9-3-10-25-49)50-26-11-4-12-27-50/h1-42H. The summed E-state index contributed by atoms with van der Waals surface area (Å²) >= 11 is 1.78. The smallest absolute Gasteiger partial charge is 0.238 e. The van der Waals surface area contributed by atoms with Crippen LogP contribution in [0.15, 0.2) is 265 Å². The molecule has 7 heteroatoms. The number of hydrogen-bond donors (Lipinski definition) is 0. The van der Waals surface area contributed by atoms with Crippen LogP contribution in [0.5, 0.6) is 0 Å². The monoisotopic (exact) mass is 914 g/mol. The Labute approximate surface area is 410 Å². The predicted octanol–water partition coefficient (Wildman–Crippen LogP) is 17.0. The molecule has 1 aliphatic rings. The predicted molar refractivity (Wildman–Crippen MR) is 289 cm³/mol. The van der Waals surface area contributed by atoms with Gasteiger partial charge in [0.15, 0.2) is 11.6 Å². The van der Waals surface area contributed by atoms with E-state index in [0.29, 0.717) is 17.6 Å². The van der Waals surface area contributed by atoms with Gasteiger partial charge in [0, 0.05) is 54.4 Å². The van der Waals surface area contributed by atoms with Crippen molar-refractivity contribution in [1.82, 2.24) is 19.5 Å². The number of nitrogens with zero attached hydrogens (tertiary/aromatic N) is 6. The number of para-hydroxylation sites is 4. The van der Waals surface area contributed by atoms with E-state index in [2.05, 4.69) is 208 Å². The minimum Gasteiger partial charge on any atom is -0.311 e. The van der Waals surface area contributed by atoms with E-state index in [1.807, 2.05) is 60.7 Å². The van der Waals surface area contributed by atoms with Gasteiger partial charge in [-0.1, -0.05) is 176 Å². The van der Waals surface area contributed by atoms with Gasteiger partial charge in [0.05, 0.1) is 22.4 Å². The first-order chi connectivity index (χ1) is 34.7. The van der Waals surface area contributed by atoms with Crippen LogP contribution in [0.2, 0.25) is 0 Å². The summed E-state index contributed by atoms with van der Waals surface area (Å²) in [5, 5.41) is 2.44. The van der Waals surface area contributed by atoms with Crippen LogP contribution >= 0.6 is 11.8 Å². The molecule has 0 saturated carbocycles. The molecule has 0 spiro atoms. The maximum absolute atomic E-state index is 5.16. The van der Waals surface area contributed by atoms with Crippen LogP contribution in [0.25, 0.3) is 72.5 Å². The van der Waals surface area contributed by atoms with E-state index in [1.54, 1.807) is 11.8 Å². The van der Waals surface area contributed by atoms with Crippen LogP contribution in [0.4, 0.5) is 34.4 Å². The van der Waals surface area contributed by atoms with E-state index in [-0.39, 0.29) is 0 Å². The molecular formula is C63H42N6S. The third-order valence-corrected chi connectivity index (χ3v) is 14.1. The third-order valence-electron chi connectivity index (χ3n) is 13.0. The number of aromatic nitrogens is 4. The second kappa shape index (κ2) is 17.6. The molecule has 0 saturated heterocycles. The van der Waals surface area contributed by atoms with Crippen molar-refractivity contribution in [3.63, 3.8) is 0 Å². The highest BCUT2D eigenvalue weighted by atomic mass is 32.2. The van der Waals surface area contributed by atoms with Crippen molar-refractivity contribution >= 4 is 68.0 Å². The molecule has 330 valence electrons. The lowest BCUT2D eigenvalue weighted by atomic mass is 9.98. The highest BCUT2D eigenvalue weighted by molar-refractivity contribution is 7.99. The maximum Gasteiger partial charge on any atom is 0.238 e. The van der Waals surface area contributed by atoms with Gasteiger partial charge in [-0.2, -0.15) is 9.97 Å². The number of benzene rings is 10. The zero-order chi connectivity index (χ0) is 46.4. The highest BCUT2D eigenvalue weighted by Gasteiger charge is 2.28. The molecule has 13 rings (SSSR count). The number of fused-ring (bicyclic) bond motifs is 5. The van der Waals surface area contributed by atoms with Gasteiger partial charge in [-0.3, -0.25) is 4.90 Å². The zero-order valence-electron chi connectivity index (χ0n) is 37.8. The molecule has 0 amide bonds. The Hall–Kier alpha value is -9.04. The summed E-state index contributed by atoms with van der Waals surface area (Å²) in [6.07, 6.45) is 0. The Balaban J connectivity index is 0.875. The van der Waals surface area contributed by atoms with Gasteiger partial charge in [0.2, 0.25) is 5.95 Å². The first-order valence-corrected chi connectivity index (χ1v) is 24.2. The highest BCUT2D eigenvalue weighted by Crippen LogP contribution is 2.52. The minimum absolute atomic E-state index is 0.571. The summed E-state index contributed by atoms with van der Waals surface area (Å²) in [5.74, 6) is 1.82. The average molecular weight is 915 g/mol. The van der Waals surface area contributed by atoms with Gasteiger partial charge in [-0.15, -0.1) is 0 Å². The normalized spacial score (nSPS) is 11.9. The Bertz CT molecular complexity index is 3760. The lowest BCUT2D eigenvalue weighted by Crippen LogP contribution is -2.18.